The summed E-state index contributed by atoms with van der Waals surface area (Å²) in [4.78, 5) is 10.5. The lowest BCUT2D eigenvalue weighted by atomic mass is 9.99. The van der Waals surface area contributed by atoms with Crippen LogP contribution in [0.2, 0.25) is 0 Å². The molecule has 1 unspecified atom stereocenters. The molecule has 0 saturated heterocycles. The van der Waals surface area contributed by atoms with Gasteiger partial charge in [0.15, 0.2) is 0 Å². The number of hydrogen-bond acceptors (Lipinski definition) is 1. The maximum absolute atomic E-state index is 10.5. The van der Waals surface area contributed by atoms with E-state index in [1.165, 1.54) is 5.57 Å². The van der Waals surface area contributed by atoms with Crippen molar-refractivity contribution in [1.82, 2.24) is 0 Å². The molecule has 0 amide bonds. The third-order valence-electron chi connectivity index (χ3n) is 2.11. The average Bonchev–Trinajstić information content (AvgIpc) is 2.11. The fourth-order valence-electron chi connectivity index (χ4n) is 1.43. The van der Waals surface area contributed by atoms with Crippen molar-refractivity contribution in [2.24, 2.45) is 5.92 Å². The quantitative estimate of drug-likeness (QED) is 0.525. The third kappa shape index (κ3) is 2.04. The molecule has 0 radical (unpaired) electrons. The average molecular weight is 150 g/mol. The maximum Gasteiger partial charge on any atom is 0.149 e. The number of carbonyl (C=O) groups excluding carboxylic acids is 1. The molecular weight excluding hydrogens is 136 g/mol. The monoisotopic (exact) mass is 150 g/mol. The maximum atomic E-state index is 10.5. The summed E-state index contributed by atoms with van der Waals surface area (Å²) in [7, 11) is 0. The molecular formula is C10H14O. The van der Waals surface area contributed by atoms with E-state index in [1.54, 1.807) is 0 Å². The molecule has 60 valence electrons. The van der Waals surface area contributed by atoms with E-state index in [-0.39, 0.29) is 0 Å². The molecule has 0 aromatic heterocycles. The smallest absolute Gasteiger partial charge is 0.149 e. The second-order valence-electron chi connectivity index (χ2n) is 3.30. The molecule has 0 aromatic carbocycles. The number of carbonyl (C=O) groups is 1. The van der Waals surface area contributed by atoms with Gasteiger partial charge in [0.1, 0.15) is 6.29 Å². The second kappa shape index (κ2) is 3.51. The van der Waals surface area contributed by atoms with Crippen LogP contribution in [0.3, 0.4) is 0 Å². The van der Waals surface area contributed by atoms with Crippen LogP contribution in [-0.4, -0.2) is 6.29 Å². The minimum atomic E-state index is 0.684. The van der Waals surface area contributed by atoms with Gasteiger partial charge >= 0.3 is 0 Å². The molecule has 0 saturated carbocycles. The summed E-state index contributed by atoms with van der Waals surface area (Å²) in [5.41, 5.74) is 2.09. The van der Waals surface area contributed by atoms with Crippen LogP contribution in [0.25, 0.3) is 0 Å². The molecule has 0 heterocycles. The van der Waals surface area contributed by atoms with E-state index in [9.17, 15) is 4.79 Å². The Bertz CT molecular complexity index is 211. The fraction of sp³-hybridized carbons (Fsp3) is 0.500. The minimum Gasteiger partial charge on any atom is -0.298 e. The van der Waals surface area contributed by atoms with Crippen LogP contribution in [0.4, 0.5) is 0 Å². The molecule has 0 N–H and O–H groups in total. The molecule has 1 aliphatic carbocycles. The lowest BCUT2D eigenvalue weighted by Crippen LogP contribution is -1.93. The summed E-state index contributed by atoms with van der Waals surface area (Å²) in [6.45, 7) is 4.25. The second-order valence-corrected chi connectivity index (χ2v) is 3.30. The number of rotatable bonds is 1. The molecule has 0 aliphatic heterocycles. The third-order valence-corrected chi connectivity index (χ3v) is 2.11. The summed E-state index contributed by atoms with van der Waals surface area (Å²) in [5.74, 6) is 0.684. The molecule has 0 bridgehead atoms. The van der Waals surface area contributed by atoms with E-state index in [0.717, 1.165) is 24.7 Å². The van der Waals surface area contributed by atoms with Crippen LogP contribution in [0.5, 0.6) is 0 Å². The first kappa shape index (κ1) is 8.25. The van der Waals surface area contributed by atoms with Gasteiger partial charge in [0.2, 0.25) is 0 Å². The van der Waals surface area contributed by atoms with Gasteiger partial charge in [-0.25, -0.2) is 0 Å². The zero-order chi connectivity index (χ0) is 8.27. The summed E-state index contributed by atoms with van der Waals surface area (Å²) < 4.78 is 0. The van der Waals surface area contributed by atoms with Crippen LogP contribution in [0, 0.1) is 5.92 Å². The van der Waals surface area contributed by atoms with E-state index in [4.69, 9.17) is 0 Å². The highest BCUT2D eigenvalue weighted by molar-refractivity contribution is 5.78. The fourth-order valence-corrected chi connectivity index (χ4v) is 1.43. The number of hydrogen-bond donors (Lipinski definition) is 0. The first-order chi connectivity index (χ1) is 5.24. The van der Waals surface area contributed by atoms with Gasteiger partial charge < -0.3 is 0 Å². The van der Waals surface area contributed by atoms with E-state index >= 15 is 0 Å². The Morgan fingerprint density at radius 2 is 2.36 bits per heavy atom. The Morgan fingerprint density at radius 3 is 3.00 bits per heavy atom. The normalized spacial score (nSPS) is 25.1. The van der Waals surface area contributed by atoms with Crippen LogP contribution in [-0.2, 0) is 4.79 Å². The van der Waals surface area contributed by atoms with Gasteiger partial charge in [0.05, 0.1) is 0 Å². The molecule has 1 atom stereocenters. The van der Waals surface area contributed by atoms with Gasteiger partial charge in [0, 0.05) is 5.57 Å². The van der Waals surface area contributed by atoms with Crippen molar-refractivity contribution >= 4 is 6.29 Å². The number of aldehydes is 1. The van der Waals surface area contributed by atoms with Crippen molar-refractivity contribution in [1.29, 1.82) is 0 Å². The topological polar surface area (TPSA) is 17.1 Å². The molecule has 0 aromatic rings. The molecule has 1 aliphatic rings. The summed E-state index contributed by atoms with van der Waals surface area (Å²) in [6.07, 6.45) is 7.12. The summed E-state index contributed by atoms with van der Waals surface area (Å²) in [5, 5.41) is 0. The lowest BCUT2D eigenvalue weighted by molar-refractivity contribution is -0.104. The van der Waals surface area contributed by atoms with Gasteiger partial charge in [-0.2, -0.15) is 0 Å². The molecule has 11 heavy (non-hydrogen) atoms. The van der Waals surface area contributed by atoms with Crippen molar-refractivity contribution in [3.05, 3.63) is 23.3 Å². The van der Waals surface area contributed by atoms with Gasteiger partial charge in [-0.15, -0.1) is 0 Å². The van der Waals surface area contributed by atoms with Gasteiger partial charge in [-0.1, -0.05) is 24.6 Å². The van der Waals surface area contributed by atoms with Crippen molar-refractivity contribution in [2.45, 2.75) is 26.7 Å². The van der Waals surface area contributed by atoms with Crippen molar-refractivity contribution in [3.63, 3.8) is 0 Å². The van der Waals surface area contributed by atoms with E-state index in [2.05, 4.69) is 13.0 Å². The number of allylic oxidation sites excluding steroid dienone is 4. The van der Waals surface area contributed by atoms with Crippen LogP contribution >= 0.6 is 0 Å². The van der Waals surface area contributed by atoms with Gasteiger partial charge in [-0.3, -0.25) is 4.79 Å². The van der Waals surface area contributed by atoms with Crippen LogP contribution in [0.1, 0.15) is 26.7 Å². The minimum absolute atomic E-state index is 0.684. The van der Waals surface area contributed by atoms with E-state index < -0.39 is 0 Å². The Kier molecular flexibility index (Phi) is 2.64. The molecule has 1 nitrogen and oxygen atoms in total. The Morgan fingerprint density at radius 1 is 1.64 bits per heavy atom. The van der Waals surface area contributed by atoms with Crippen molar-refractivity contribution < 1.29 is 4.79 Å². The lowest BCUT2D eigenvalue weighted by Gasteiger charge is -2.06. The standard InChI is InChI=1S/C10H14O/c1-8-4-3-5-10(7-11)9(2)6-8/h3,5,7-8H,4,6H2,1-2H3. The SMILES string of the molecule is CC1=C(C=O)C=CCC(C)C1. The van der Waals surface area contributed by atoms with Crippen molar-refractivity contribution in [2.75, 3.05) is 0 Å². The zero-order valence-corrected chi connectivity index (χ0v) is 7.13. The summed E-state index contributed by atoms with van der Waals surface area (Å²) >= 11 is 0. The predicted molar refractivity (Wildman–Crippen MR) is 46.3 cm³/mol. The first-order valence-corrected chi connectivity index (χ1v) is 4.05. The van der Waals surface area contributed by atoms with Gasteiger partial charge in [0.25, 0.3) is 0 Å². The van der Waals surface area contributed by atoms with Crippen LogP contribution in [0.15, 0.2) is 23.3 Å². The molecule has 1 rings (SSSR count). The highest BCUT2D eigenvalue weighted by Crippen LogP contribution is 2.21. The highest BCUT2D eigenvalue weighted by Gasteiger charge is 2.07. The van der Waals surface area contributed by atoms with Gasteiger partial charge in [-0.05, 0) is 25.7 Å². The largest absolute Gasteiger partial charge is 0.298 e. The van der Waals surface area contributed by atoms with Crippen molar-refractivity contribution in [3.8, 4) is 0 Å². The van der Waals surface area contributed by atoms with E-state index in [0.29, 0.717) is 5.92 Å². The van der Waals surface area contributed by atoms with Crippen LogP contribution < -0.4 is 0 Å². The summed E-state index contributed by atoms with van der Waals surface area (Å²) in [6, 6.07) is 0. The first-order valence-electron chi connectivity index (χ1n) is 4.05. The molecule has 0 fully saturated rings. The Balaban J connectivity index is 2.85. The molecule has 0 spiro atoms. The highest BCUT2D eigenvalue weighted by atomic mass is 16.1. The zero-order valence-electron chi connectivity index (χ0n) is 7.13. The Labute approximate surface area is 67.8 Å². The predicted octanol–water partition coefficient (Wildman–Crippen LogP) is 2.49. The molecule has 1 heteroatoms. The van der Waals surface area contributed by atoms with E-state index in [1.807, 2.05) is 13.0 Å². The Hall–Kier alpha value is -0.850.